The van der Waals surface area contributed by atoms with Gasteiger partial charge in [0.2, 0.25) is 5.91 Å². The van der Waals surface area contributed by atoms with Crippen molar-refractivity contribution in [1.82, 2.24) is 14.8 Å². The smallest absolute Gasteiger partial charge is 0.233 e. The van der Waals surface area contributed by atoms with Crippen LogP contribution >= 0.6 is 11.3 Å². The van der Waals surface area contributed by atoms with Crippen LogP contribution in [0.3, 0.4) is 0 Å². The zero-order valence-electron chi connectivity index (χ0n) is 20.7. The minimum absolute atomic E-state index is 0.0470. The van der Waals surface area contributed by atoms with E-state index in [0.29, 0.717) is 6.54 Å². The van der Waals surface area contributed by atoms with Crippen LogP contribution in [0.2, 0.25) is 0 Å². The van der Waals surface area contributed by atoms with Crippen molar-refractivity contribution in [1.29, 1.82) is 0 Å². The molecule has 1 aliphatic rings. The predicted molar refractivity (Wildman–Crippen MR) is 148 cm³/mol. The molecule has 0 saturated carbocycles. The van der Waals surface area contributed by atoms with Gasteiger partial charge in [-0.05, 0) is 36.4 Å². The van der Waals surface area contributed by atoms with E-state index in [1.165, 1.54) is 5.56 Å². The van der Waals surface area contributed by atoms with Gasteiger partial charge in [0.25, 0.3) is 0 Å². The molecule has 184 valence electrons. The van der Waals surface area contributed by atoms with Gasteiger partial charge in [-0.3, -0.25) is 9.69 Å². The Morgan fingerprint density at radius 3 is 2.33 bits per heavy atom. The van der Waals surface area contributed by atoms with Crippen LogP contribution < -0.4 is 4.90 Å². The molecule has 0 radical (unpaired) electrons. The summed E-state index contributed by atoms with van der Waals surface area (Å²) >= 11 is 1.61. The first-order chi connectivity index (χ1) is 17.6. The Morgan fingerprint density at radius 2 is 1.58 bits per heavy atom. The second-order valence-electron chi connectivity index (χ2n) is 9.40. The molecule has 0 N–H and O–H groups in total. The molecule has 5 nitrogen and oxygen atoms in total. The summed E-state index contributed by atoms with van der Waals surface area (Å²) in [6, 6.07) is 28.7. The molecule has 2 heterocycles. The van der Waals surface area contributed by atoms with Crippen molar-refractivity contribution >= 4 is 22.9 Å². The molecule has 1 fully saturated rings. The van der Waals surface area contributed by atoms with E-state index in [-0.39, 0.29) is 12.3 Å². The Balaban J connectivity index is 1.28. The number of carbonyl (C=O) groups is 1. The number of thiazole rings is 1. The lowest BCUT2D eigenvalue weighted by atomic mass is 10.1. The van der Waals surface area contributed by atoms with E-state index in [1.807, 2.05) is 58.8 Å². The van der Waals surface area contributed by atoms with Crippen molar-refractivity contribution in [3.05, 3.63) is 107 Å². The highest BCUT2D eigenvalue weighted by Crippen LogP contribution is 2.26. The van der Waals surface area contributed by atoms with Gasteiger partial charge in [-0.25, -0.2) is 4.98 Å². The normalized spacial score (nSPS) is 14.6. The summed E-state index contributed by atoms with van der Waals surface area (Å²) in [7, 11) is 2.18. The van der Waals surface area contributed by atoms with Gasteiger partial charge in [-0.1, -0.05) is 66.7 Å². The van der Waals surface area contributed by atoms with Crippen LogP contribution in [0.25, 0.3) is 10.6 Å². The molecule has 3 aromatic carbocycles. The van der Waals surface area contributed by atoms with Gasteiger partial charge in [-0.15, -0.1) is 11.3 Å². The quantitative estimate of drug-likeness (QED) is 0.330. The van der Waals surface area contributed by atoms with E-state index in [1.54, 1.807) is 11.3 Å². The summed E-state index contributed by atoms with van der Waals surface area (Å²) in [5.74, 6) is 0.0470. The number of piperazine rings is 1. The van der Waals surface area contributed by atoms with Crippen molar-refractivity contribution in [2.24, 2.45) is 0 Å². The van der Waals surface area contributed by atoms with E-state index in [4.69, 9.17) is 4.98 Å². The highest BCUT2D eigenvalue weighted by atomic mass is 32.1. The number of likely N-dealkylation sites (N-methyl/N-ethyl adjacent to an activating group) is 1. The average molecular weight is 497 g/mol. The SMILES string of the molecule is CN1CCN(Cc2cccc(-c3nc(CC(=O)N(Cc4ccccc4)c4ccccc4)cs3)c2)CC1. The molecule has 5 rings (SSSR count). The van der Waals surface area contributed by atoms with Crippen LogP contribution in [0.15, 0.2) is 90.3 Å². The third kappa shape index (κ3) is 6.26. The van der Waals surface area contributed by atoms with Gasteiger partial charge in [0.1, 0.15) is 5.01 Å². The highest BCUT2D eigenvalue weighted by Gasteiger charge is 2.19. The van der Waals surface area contributed by atoms with Crippen LogP contribution in [0.1, 0.15) is 16.8 Å². The van der Waals surface area contributed by atoms with Crippen molar-refractivity contribution in [2.45, 2.75) is 19.5 Å². The Hall–Kier alpha value is -3.32. The first-order valence-electron chi connectivity index (χ1n) is 12.5. The molecular weight excluding hydrogens is 464 g/mol. The van der Waals surface area contributed by atoms with Crippen LogP contribution in [-0.4, -0.2) is 53.9 Å². The number of hydrogen-bond acceptors (Lipinski definition) is 5. The second-order valence-corrected chi connectivity index (χ2v) is 10.3. The summed E-state index contributed by atoms with van der Waals surface area (Å²) in [6.45, 7) is 5.94. The number of nitrogens with zero attached hydrogens (tertiary/aromatic N) is 4. The number of aromatic nitrogens is 1. The summed E-state index contributed by atoms with van der Waals surface area (Å²) < 4.78 is 0. The van der Waals surface area contributed by atoms with E-state index < -0.39 is 0 Å². The van der Waals surface area contributed by atoms with Crippen LogP contribution in [0, 0.1) is 0 Å². The van der Waals surface area contributed by atoms with Gasteiger partial charge < -0.3 is 9.80 Å². The van der Waals surface area contributed by atoms with E-state index in [0.717, 1.165) is 60.2 Å². The third-order valence-electron chi connectivity index (χ3n) is 6.61. The Morgan fingerprint density at radius 1 is 0.889 bits per heavy atom. The molecule has 36 heavy (non-hydrogen) atoms. The zero-order valence-corrected chi connectivity index (χ0v) is 21.5. The molecule has 0 bridgehead atoms. The monoisotopic (exact) mass is 496 g/mol. The molecule has 1 amide bonds. The number of carbonyl (C=O) groups excluding carboxylic acids is 1. The Bertz CT molecular complexity index is 1270. The Kier molecular flexibility index (Phi) is 7.86. The second kappa shape index (κ2) is 11.6. The molecular formula is C30H32N4OS. The summed E-state index contributed by atoms with van der Waals surface area (Å²) in [5.41, 5.74) is 5.25. The summed E-state index contributed by atoms with van der Waals surface area (Å²) in [6.07, 6.45) is 0.277. The van der Waals surface area contributed by atoms with Gasteiger partial charge in [0.15, 0.2) is 0 Å². The van der Waals surface area contributed by atoms with E-state index in [9.17, 15) is 4.79 Å². The van der Waals surface area contributed by atoms with E-state index in [2.05, 4.69) is 53.2 Å². The lowest BCUT2D eigenvalue weighted by Gasteiger charge is -2.32. The fourth-order valence-corrected chi connectivity index (χ4v) is 5.35. The van der Waals surface area contributed by atoms with Crippen molar-refractivity contribution in [2.75, 3.05) is 38.1 Å². The Labute approximate surface area is 217 Å². The molecule has 1 saturated heterocycles. The molecule has 0 unspecified atom stereocenters. The molecule has 1 aromatic heterocycles. The predicted octanol–water partition coefficient (Wildman–Crippen LogP) is 5.33. The maximum atomic E-state index is 13.4. The molecule has 4 aromatic rings. The molecule has 0 spiro atoms. The standard InChI is InChI=1S/C30H32N4OS/c1-32-15-17-33(18-16-32)21-25-11-8-12-26(19-25)30-31-27(23-36-30)20-29(35)34(28-13-6-3-7-14-28)22-24-9-4-2-5-10-24/h2-14,19,23H,15-18,20-22H2,1H3. The maximum absolute atomic E-state index is 13.4. The topological polar surface area (TPSA) is 39.7 Å². The average Bonchev–Trinajstić information content (AvgIpc) is 3.38. The zero-order chi connectivity index (χ0) is 24.7. The lowest BCUT2D eigenvalue weighted by Crippen LogP contribution is -2.43. The molecule has 0 aliphatic carbocycles. The fraction of sp³-hybridized carbons (Fsp3) is 0.267. The van der Waals surface area contributed by atoms with Crippen molar-refractivity contribution < 1.29 is 4.79 Å². The van der Waals surface area contributed by atoms with Crippen LogP contribution in [0.5, 0.6) is 0 Å². The highest BCUT2D eigenvalue weighted by molar-refractivity contribution is 7.13. The maximum Gasteiger partial charge on any atom is 0.233 e. The number of hydrogen-bond donors (Lipinski definition) is 0. The fourth-order valence-electron chi connectivity index (χ4n) is 4.54. The first-order valence-corrected chi connectivity index (χ1v) is 13.4. The third-order valence-corrected chi connectivity index (χ3v) is 7.55. The molecule has 6 heteroatoms. The largest absolute Gasteiger partial charge is 0.308 e. The number of rotatable bonds is 8. The number of anilines is 1. The van der Waals surface area contributed by atoms with Gasteiger partial charge in [0.05, 0.1) is 18.7 Å². The lowest BCUT2D eigenvalue weighted by molar-refractivity contribution is -0.118. The van der Waals surface area contributed by atoms with Gasteiger partial charge in [-0.2, -0.15) is 0 Å². The first kappa shape index (κ1) is 24.4. The number of benzene rings is 3. The summed E-state index contributed by atoms with van der Waals surface area (Å²) in [5, 5.41) is 2.99. The minimum Gasteiger partial charge on any atom is -0.308 e. The molecule has 0 atom stereocenters. The number of amides is 1. The van der Waals surface area contributed by atoms with Crippen molar-refractivity contribution in [3.8, 4) is 10.6 Å². The van der Waals surface area contributed by atoms with Gasteiger partial charge in [0, 0.05) is 49.4 Å². The van der Waals surface area contributed by atoms with Gasteiger partial charge >= 0.3 is 0 Å². The minimum atomic E-state index is 0.0470. The molecule has 1 aliphatic heterocycles. The van der Waals surface area contributed by atoms with Crippen LogP contribution in [-0.2, 0) is 24.3 Å². The van der Waals surface area contributed by atoms with E-state index >= 15 is 0 Å². The van der Waals surface area contributed by atoms with Crippen molar-refractivity contribution in [3.63, 3.8) is 0 Å². The summed E-state index contributed by atoms with van der Waals surface area (Å²) in [4.78, 5) is 25.0. The van der Waals surface area contributed by atoms with Crippen LogP contribution in [0.4, 0.5) is 5.69 Å². The number of para-hydroxylation sites is 1.